The molecule has 15 heavy (non-hydrogen) atoms. The summed E-state index contributed by atoms with van der Waals surface area (Å²) in [5.74, 6) is -0.440. The molecule has 0 amide bonds. The number of halogens is 3. The molecule has 0 bridgehead atoms. The van der Waals surface area contributed by atoms with Crippen molar-refractivity contribution in [1.29, 1.82) is 0 Å². The molecule has 0 aliphatic heterocycles. The zero-order valence-electron chi connectivity index (χ0n) is 8.12. The van der Waals surface area contributed by atoms with Gasteiger partial charge in [0.2, 0.25) is 0 Å². The zero-order valence-corrected chi connectivity index (χ0v) is 9.69. The molecule has 0 aliphatic carbocycles. The lowest BCUT2D eigenvalue weighted by atomic mass is 10.0. The van der Waals surface area contributed by atoms with Gasteiger partial charge in [0.05, 0.1) is 5.02 Å². The average Bonchev–Trinajstić information content (AvgIpc) is 2.18. The Morgan fingerprint density at radius 1 is 1.47 bits per heavy atom. The van der Waals surface area contributed by atoms with Crippen LogP contribution in [0.5, 0.6) is 0 Å². The smallest absolute Gasteiger partial charge is 0.141 e. The van der Waals surface area contributed by atoms with Crippen LogP contribution in [0.4, 0.5) is 4.39 Å². The first-order chi connectivity index (χ1) is 6.65. The van der Waals surface area contributed by atoms with Crippen LogP contribution in [0.1, 0.15) is 24.4 Å². The number of rotatable bonds is 4. The number of hydrogen-bond acceptors (Lipinski definition) is 2. The molecule has 0 aromatic heterocycles. The fourth-order valence-electron chi connectivity index (χ4n) is 1.22. The van der Waals surface area contributed by atoms with Gasteiger partial charge in [-0.1, -0.05) is 17.7 Å². The van der Waals surface area contributed by atoms with Crippen LogP contribution in [0.2, 0.25) is 5.02 Å². The number of hydrogen-bond donors (Lipinski definition) is 2. The van der Waals surface area contributed by atoms with E-state index in [0.29, 0.717) is 12.8 Å². The van der Waals surface area contributed by atoms with Crippen molar-refractivity contribution in [1.82, 2.24) is 0 Å². The Bertz CT molecular complexity index is 309. The van der Waals surface area contributed by atoms with Crippen molar-refractivity contribution >= 4 is 24.0 Å². The van der Waals surface area contributed by atoms with Crippen LogP contribution >= 0.6 is 24.0 Å². The topological polar surface area (TPSA) is 46.2 Å². The van der Waals surface area contributed by atoms with Gasteiger partial charge in [-0.3, -0.25) is 0 Å². The van der Waals surface area contributed by atoms with Gasteiger partial charge in [0.15, 0.2) is 0 Å². The second kappa shape index (κ2) is 7.01. The molecule has 0 fully saturated rings. The molecular formula is C10H14Cl2FNO. The Labute approximate surface area is 99.6 Å². The number of aliphatic hydroxyl groups excluding tert-OH is 1. The third kappa shape index (κ3) is 4.34. The molecular weight excluding hydrogens is 240 g/mol. The second-order valence-electron chi connectivity index (χ2n) is 3.15. The highest BCUT2D eigenvalue weighted by molar-refractivity contribution is 6.30. The highest BCUT2D eigenvalue weighted by Crippen LogP contribution is 2.21. The van der Waals surface area contributed by atoms with Gasteiger partial charge in [-0.2, -0.15) is 0 Å². The Hall–Kier alpha value is -0.350. The van der Waals surface area contributed by atoms with Crippen LogP contribution in [0.3, 0.4) is 0 Å². The van der Waals surface area contributed by atoms with E-state index in [1.807, 2.05) is 0 Å². The summed E-state index contributed by atoms with van der Waals surface area (Å²) in [5.41, 5.74) is 6.60. The molecule has 0 heterocycles. The first-order valence-electron chi connectivity index (χ1n) is 4.46. The van der Waals surface area contributed by atoms with Gasteiger partial charge in [-0.25, -0.2) is 4.39 Å². The van der Waals surface area contributed by atoms with Gasteiger partial charge in [-0.05, 0) is 30.5 Å². The summed E-state index contributed by atoms with van der Waals surface area (Å²) in [4.78, 5) is 0. The minimum Gasteiger partial charge on any atom is -0.396 e. The Balaban J connectivity index is 0.00000196. The van der Waals surface area contributed by atoms with Crippen molar-refractivity contribution < 1.29 is 9.50 Å². The van der Waals surface area contributed by atoms with Crippen molar-refractivity contribution in [3.8, 4) is 0 Å². The van der Waals surface area contributed by atoms with Crippen LogP contribution in [-0.2, 0) is 0 Å². The fraction of sp³-hybridized carbons (Fsp3) is 0.400. The van der Waals surface area contributed by atoms with Crippen LogP contribution in [0, 0.1) is 5.82 Å². The molecule has 1 aromatic rings. The summed E-state index contributed by atoms with van der Waals surface area (Å²) < 4.78 is 12.8. The third-order valence-corrected chi connectivity index (χ3v) is 2.33. The Morgan fingerprint density at radius 2 is 2.13 bits per heavy atom. The van der Waals surface area contributed by atoms with Crippen molar-refractivity contribution in [2.24, 2.45) is 5.73 Å². The van der Waals surface area contributed by atoms with Crippen LogP contribution in [0.25, 0.3) is 0 Å². The molecule has 0 saturated heterocycles. The minimum absolute atomic E-state index is 0. The lowest BCUT2D eigenvalue weighted by Crippen LogP contribution is -2.10. The van der Waals surface area contributed by atoms with Crippen LogP contribution in [-0.4, -0.2) is 11.7 Å². The molecule has 1 rings (SSSR count). The molecule has 2 nitrogen and oxygen atoms in total. The number of aliphatic hydroxyl groups is 1. The van der Waals surface area contributed by atoms with E-state index >= 15 is 0 Å². The molecule has 0 spiro atoms. The van der Waals surface area contributed by atoms with Gasteiger partial charge >= 0.3 is 0 Å². The van der Waals surface area contributed by atoms with E-state index in [1.54, 1.807) is 6.07 Å². The molecule has 0 unspecified atom stereocenters. The largest absolute Gasteiger partial charge is 0.396 e. The van der Waals surface area contributed by atoms with E-state index in [9.17, 15) is 4.39 Å². The van der Waals surface area contributed by atoms with E-state index < -0.39 is 5.82 Å². The highest BCUT2D eigenvalue weighted by Gasteiger charge is 2.07. The summed E-state index contributed by atoms with van der Waals surface area (Å²) in [6.07, 6.45) is 1.30. The van der Waals surface area contributed by atoms with E-state index in [2.05, 4.69) is 0 Å². The Kier molecular flexibility index (Phi) is 6.85. The standard InChI is InChI=1S/C10H13ClFNO.ClH/c11-8-6-7(3-4-9(8)12)10(13)2-1-5-14;/h3-4,6,10,14H,1-2,5,13H2;1H/t10-;/m0./s1. The SMILES string of the molecule is Cl.N[C@@H](CCCO)c1ccc(F)c(Cl)c1. The van der Waals surface area contributed by atoms with Crippen LogP contribution in [0.15, 0.2) is 18.2 Å². The Morgan fingerprint density at radius 3 is 2.67 bits per heavy atom. The zero-order chi connectivity index (χ0) is 10.6. The third-order valence-electron chi connectivity index (χ3n) is 2.05. The molecule has 1 atom stereocenters. The predicted octanol–water partition coefficient (Wildman–Crippen LogP) is 2.67. The van der Waals surface area contributed by atoms with E-state index in [1.165, 1.54) is 12.1 Å². The first kappa shape index (κ1) is 14.6. The van der Waals surface area contributed by atoms with Gasteiger partial charge in [-0.15, -0.1) is 12.4 Å². The predicted molar refractivity (Wildman–Crippen MR) is 61.9 cm³/mol. The normalized spacial score (nSPS) is 12.0. The van der Waals surface area contributed by atoms with Gasteiger partial charge in [0, 0.05) is 12.6 Å². The lowest BCUT2D eigenvalue weighted by Gasteiger charge is -2.11. The fourth-order valence-corrected chi connectivity index (χ4v) is 1.41. The van der Waals surface area contributed by atoms with Crippen molar-refractivity contribution in [3.05, 3.63) is 34.6 Å². The molecule has 0 saturated carbocycles. The van der Waals surface area contributed by atoms with Crippen LogP contribution < -0.4 is 5.73 Å². The summed E-state index contributed by atoms with van der Waals surface area (Å²) >= 11 is 5.61. The van der Waals surface area contributed by atoms with E-state index in [0.717, 1.165) is 5.56 Å². The first-order valence-corrected chi connectivity index (χ1v) is 4.84. The van der Waals surface area contributed by atoms with Gasteiger partial charge in [0.25, 0.3) is 0 Å². The molecule has 0 aliphatic rings. The molecule has 86 valence electrons. The van der Waals surface area contributed by atoms with Crippen molar-refractivity contribution in [2.45, 2.75) is 18.9 Å². The summed E-state index contributed by atoms with van der Waals surface area (Å²) in [7, 11) is 0. The summed E-state index contributed by atoms with van der Waals surface area (Å²) in [5, 5.41) is 8.70. The maximum Gasteiger partial charge on any atom is 0.141 e. The molecule has 5 heteroatoms. The van der Waals surface area contributed by atoms with Gasteiger partial charge in [0.1, 0.15) is 5.82 Å². The van der Waals surface area contributed by atoms with Gasteiger partial charge < -0.3 is 10.8 Å². The van der Waals surface area contributed by atoms with Crippen molar-refractivity contribution in [3.63, 3.8) is 0 Å². The number of benzene rings is 1. The van der Waals surface area contributed by atoms with E-state index in [-0.39, 0.29) is 30.1 Å². The molecule has 3 N–H and O–H groups in total. The highest BCUT2D eigenvalue weighted by atomic mass is 35.5. The summed E-state index contributed by atoms with van der Waals surface area (Å²) in [6, 6.07) is 4.25. The monoisotopic (exact) mass is 253 g/mol. The summed E-state index contributed by atoms with van der Waals surface area (Å²) in [6.45, 7) is 0.114. The van der Waals surface area contributed by atoms with Crippen molar-refractivity contribution in [2.75, 3.05) is 6.61 Å². The lowest BCUT2D eigenvalue weighted by molar-refractivity contribution is 0.280. The maximum atomic E-state index is 12.8. The second-order valence-corrected chi connectivity index (χ2v) is 3.55. The number of nitrogens with two attached hydrogens (primary N) is 1. The maximum absolute atomic E-state index is 12.8. The minimum atomic E-state index is -0.440. The quantitative estimate of drug-likeness (QED) is 0.867. The average molecular weight is 254 g/mol. The molecule has 1 aromatic carbocycles. The van der Waals surface area contributed by atoms with E-state index in [4.69, 9.17) is 22.4 Å². The molecule has 0 radical (unpaired) electrons.